The number of benzene rings is 1. The van der Waals surface area contributed by atoms with E-state index in [-0.39, 0.29) is 13.1 Å². The third kappa shape index (κ3) is 3.24. The molecule has 1 saturated heterocycles. The predicted octanol–water partition coefficient (Wildman–Crippen LogP) is -0.483. The molecule has 0 bridgehead atoms. The number of hydroxylamine groups is 2. The molecule has 0 spiro atoms. The van der Waals surface area contributed by atoms with E-state index in [1.807, 2.05) is 30.3 Å². The average Bonchev–Trinajstić information content (AvgIpc) is 2.34. The molecule has 0 amide bonds. The Kier molecular flexibility index (Phi) is 4.09. The summed E-state index contributed by atoms with van der Waals surface area (Å²) in [5.74, 6) is 0. The van der Waals surface area contributed by atoms with Gasteiger partial charge in [-0.3, -0.25) is 4.84 Å². The Morgan fingerprint density at radius 3 is 2.24 bits per heavy atom. The fraction of sp³-hybridized carbons (Fsp3) is 0.500. The topological polar surface area (TPSA) is 73.2 Å². The number of rotatable bonds is 3. The SMILES string of the molecule is OC1CN(OCc2ccccc2)CC(O)C1O. The lowest BCUT2D eigenvalue weighted by atomic mass is 10.0. The lowest BCUT2D eigenvalue weighted by molar-refractivity contribution is -0.238. The van der Waals surface area contributed by atoms with Crippen molar-refractivity contribution >= 4 is 0 Å². The standard InChI is InChI=1S/C12H17NO4/c14-10-6-13(7-11(15)12(10)16)17-8-9-4-2-1-3-5-9/h1-5,10-12,14-16H,6-8H2. The van der Waals surface area contributed by atoms with Gasteiger partial charge in [-0.05, 0) is 5.56 Å². The molecule has 2 atom stereocenters. The van der Waals surface area contributed by atoms with Crippen LogP contribution in [0.5, 0.6) is 0 Å². The maximum Gasteiger partial charge on any atom is 0.108 e. The van der Waals surface area contributed by atoms with E-state index < -0.39 is 18.3 Å². The van der Waals surface area contributed by atoms with Crippen LogP contribution in [0.1, 0.15) is 5.56 Å². The highest BCUT2D eigenvalue weighted by molar-refractivity contribution is 5.13. The molecule has 0 aromatic heterocycles. The number of nitrogens with zero attached hydrogens (tertiary/aromatic N) is 1. The first-order valence-corrected chi connectivity index (χ1v) is 5.63. The minimum absolute atomic E-state index is 0.199. The Hall–Kier alpha value is -0.980. The van der Waals surface area contributed by atoms with Gasteiger partial charge in [0.2, 0.25) is 0 Å². The summed E-state index contributed by atoms with van der Waals surface area (Å²) in [4.78, 5) is 5.46. The summed E-state index contributed by atoms with van der Waals surface area (Å²) in [7, 11) is 0. The Morgan fingerprint density at radius 1 is 1.06 bits per heavy atom. The molecule has 3 N–H and O–H groups in total. The molecule has 1 heterocycles. The maximum absolute atomic E-state index is 9.48. The normalized spacial score (nSPS) is 30.4. The molecule has 1 aromatic carbocycles. The van der Waals surface area contributed by atoms with Gasteiger partial charge in [-0.2, -0.15) is 5.06 Å². The van der Waals surface area contributed by atoms with E-state index in [4.69, 9.17) is 4.84 Å². The van der Waals surface area contributed by atoms with Gasteiger partial charge in [-0.1, -0.05) is 30.3 Å². The monoisotopic (exact) mass is 239 g/mol. The highest BCUT2D eigenvalue weighted by atomic mass is 16.7. The van der Waals surface area contributed by atoms with Crippen LogP contribution in [0.4, 0.5) is 0 Å². The fourth-order valence-electron chi connectivity index (χ4n) is 1.81. The van der Waals surface area contributed by atoms with Crippen LogP contribution in [0, 0.1) is 0 Å². The van der Waals surface area contributed by atoms with E-state index in [1.165, 1.54) is 5.06 Å². The predicted molar refractivity (Wildman–Crippen MR) is 60.8 cm³/mol. The van der Waals surface area contributed by atoms with Crippen LogP contribution in [0.2, 0.25) is 0 Å². The van der Waals surface area contributed by atoms with Gasteiger partial charge in [0.15, 0.2) is 0 Å². The second-order valence-corrected chi connectivity index (χ2v) is 4.23. The first-order chi connectivity index (χ1) is 8.16. The van der Waals surface area contributed by atoms with Gasteiger partial charge in [0.05, 0.1) is 31.9 Å². The molecular formula is C12H17NO4. The van der Waals surface area contributed by atoms with Gasteiger partial charge in [-0.25, -0.2) is 0 Å². The van der Waals surface area contributed by atoms with Crippen molar-refractivity contribution in [3.63, 3.8) is 0 Å². The van der Waals surface area contributed by atoms with Gasteiger partial charge >= 0.3 is 0 Å². The summed E-state index contributed by atoms with van der Waals surface area (Å²) >= 11 is 0. The van der Waals surface area contributed by atoms with Crippen molar-refractivity contribution in [2.24, 2.45) is 0 Å². The molecular weight excluding hydrogens is 222 g/mol. The van der Waals surface area contributed by atoms with Gasteiger partial charge < -0.3 is 15.3 Å². The first-order valence-electron chi connectivity index (χ1n) is 5.63. The summed E-state index contributed by atoms with van der Waals surface area (Å²) in [6.07, 6.45) is -3.05. The van der Waals surface area contributed by atoms with E-state index in [2.05, 4.69) is 0 Å². The highest BCUT2D eigenvalue weighted by Crippen LogP contribution is 2.13. The Morgan fingerprint density at radius 2 is 1.65 bits per heavy atom. The lowest BCUT2D eigenvalue weighted by Gasteiger charge is -2.35. The van der Waals surface area contributed by atoms with Crippen molar-refractivity contribution in [2.45, 2.75) is 24.9 Å². The zero-order valence-corrected chi connectivity index (χ0v) is 9.44. The summed E-state index contributed by atoms with van der Waals surface area (Å²) in [5.41, 5.74) is 1.02. The molecule has 1 aromatic rings. The van der Waals surface area contributed by atoms with Crippen LogP contribution in [0.3, 0.4) is 0 Å². The largest absolute Gasteiger partial charge is 0.389 e. The highest BCUT2D eigenvalue weighted by Gasteiger charge is 2.33. The molecule has 1 aliphatic rings. The fourth-order valence-corrected chi connectivity index (χ4v) is 1.81. The van der Waals surface area contributed by atoms with Crippen LogP contribution in [0.15, 0.2) is 30.3 Å². The third-order valence-electron chi connectivity index (χ3n) is 2.83. The first kappa shape index (κ1) is 12.5. The van der Waals surface area contributed by atoms with Gasteiger partial charge in [0.1, 0.15) is 6.10 Å². The van der Waals surface area contributed by atoms with Crippen molar-refractivity contribution < 1.29 is 20.2 Å². The quantitative estimate of drug-likeness (QED) is 0.664. The second-order valence-electron chi connectivity index (χ2n) is 4.23. The molecule has 0 aliphatic carbocycles. The number of aliphatic hydroxyl groups is 3. The van der Waals surface area contributed by atoms with Crippen LogP contribution in [0.25, 0.3) is 0 Å². The molecule has 0 saturated carbocycles. The Bertz CT molecular complexity index is 334. The van der Waals surface area contributed by atoms with E-state index in [0.29, 0.717) is 6.61 Å². The molecule has 5 heteroatoms. The van der Waals surface area contributed by atoms with Gasteiger partial charge in [0, 0.05) is 0 Å². The number of hydrogen-bond donors (Lipinski definition) is 3. The third-order valence-corrected chi connectivity index (χ3v) is 2.83. The minimum Gasteiger partial charge on any atom is -0.389 e. The second kappa shape index (κ2) is 5.57. The van der Waals surface area contributed by atoms with E-state index in [9.17, 15) is 15.3 Å². The van der Waals surface area contributed by atoms with Gasteiger partial charge in [0.25, 0.3) is 0 Å². The number of β-amino-alcohol motifs (C(OH)–C–C–N with tert-alkyl or cyclic N) is 2. The van der Waals surface area contributed by atoms with E-state index in [1.54, 1.807) is 0 Å². The lowest BCUT2D eigenvalue weighted by Crippen LogP contribution is -2.55. The number of aliphatic hydroxyl groups excluding tert-OH is 3. The summed E-state index contributed by atoms with van der Waals surface area (Å²) in [6.45, 7) is 0.784. The van der Waals surface area contributed by atoms with E-state index in [0.717, 1.165) is 5.56 Å². The van der Waals surface area contributed by atoms with Crippen LogP contribution < -0.4 is 0 Å². The van der Waals surface area contributed by atoms with Crippen molar-refractivity contribution in [3.05, 3.63) is 35.9 Å². The van der Waals surface area contributed by atoms with Crippen LogP contribution in [-0.2, 0) is 11.4 Å². The number of piperidine rings is 1. The van der Waals surface area contributed by atoms with Crippen LogP contribution >= 0.6 is 0 Å². The van der Waals surface area contributed by atoms with Gasteiger partial charge in [-0.15, -0.1) is 0 Å². The zero-order valence-electron chi connectivity index (χ0n) is 9.44. The zero-order chi connectivity index (χ0) is 12.3. The number of hydrogen-bond acceptors (Lipinski definition) is 5. The van der Waals surface area contributed by atoms with Crippen molar-refractivity contribution in [2.75, 3.05) is 13.1 Å². The summed E-state index contributed by atoms with van der Waals surface area (Å²) < 4.78 is 0. The summed E-state index contributed by atoms with van der Waals surface area (Å²) in [6, 6.07) is 9.64. The Labute approximate surface area is 99.8 Å². The van der Waals surface area contributed by atoms with E-state index >= 15 is 0 Å². The molecule has 17 heavy (non-hydrogen) atoms. The molecule has 0 radical (unpaired) electrons. The molecule has 94 valence electrons. The van der Waals surface area contributed by atoms with Crippen molar-refractivity contribution in [1.29, 1.82) is 0 Å². The molecule has 5 nitrogen and oxygen atoms in total. The molecule has 2 unspecified atom stereocenters. The van der Waals surface area contributed by atoms with Crippen molar-refractivity contribution in [1.82, 2.24) is 5.06 Å². The molecule has 1 fully saturated rings. The maximum atomic E-state index is 9.48. The van der Waals surface area contributed by atoms with Crippen LogP contribution in [-0.4, -0.2) is 51.8 Å². The minimum atomic E-state index is -1.09. The summed E-state index contributed by atoms with van der Waals surface area (Å²) in [5, 5.41) is 29.8. The average molecular weight is 239 g/mol. The smallest absolute Gasteiger partial charge is 0.108 e. The Balaban J connectivity index is 1.84. The molecule has 1 aliphatic heterocycles. The van der Waals surface area contributed by atoms with Crippen molar-refractivity contribution in [3.8, 4) is 0 Å². The molecule has 2 rings (SSSR count).